The van der Waals surface area contributed by atoms with Crippen molar-refractivity contribution in [2.24, 2.45) is 0 Å². The number of amides is 1. The number of rotatable bonds is 6. The van der Waals surface area contributed by atoms with Gasteiger partial charge in [-0.1, -0.05) is 30.3 Å². The van der Waals surface area contributed by atoms with E-state index >= 15 is 0 Å². The average molecular weight is 415 g/mol. The molecular formula is C22H26N2O4S. The van der Waals surface area contributed by atoms with Gasteiger partial charge in [-0.3, -0.25) is 4.79 Å². The summed E-state index contributed by atoms with van der Waals surface area (Å²) >= 11 is 0. The van der Waals surface area contributed by atoms with E-state index in [0.717, 1.165) is 36.1 Å². The van der Waals surface area contributed by atoms with Gasteiger partial charge in [0, 0.05) is 31.5 Å². The molecule has 7 heteroatoms. The Hall–Kier alpha value is -2.38. The van der Waals surface area contributed by atoms with Gasteiger partial charge in [0.05, 0.1) is 17.5 Å². The Kier molecular flexibility index (Phi) is 5.87. The average Bonchev–Trinajstić information content (AvgIpc) is 3.29. The summed E-state index contributed by atoms with van der Waals surface area (Å²) in [5, 5.41) is 3.10. The normalized spacial score (nSPS) is 19.4. The number of hydrogen-bond acceptors (Lipinski definition) is 4. The second kappa shape index (κ2) is 8.55. The van der Waals surface area contributed by atoms with Crippen LogP contribution in [0.2, 0.25) is 0 Å². The third-order valence-electron chi connectivity index (χ3n) is 5.56. The molecule has 0 radical (unpaired) electrons. The second-order valence-corrected chi connectivity index (χ2v) is 9.49. The van der Waals surface area contributed by atoms with Gasteiger partial charge in [0.1, 0.15) is 5.75 Å². The Bertz CT molecular complexity index is 967. The number of para-hydroxylation sites is 1. The summed E-state index contributed by atoms with van der Waals surface area (Å²) in [5.74, 6) is 0.819. The van der Waals surface area contributed by atoms with Crippen LogP contribution in [0.25, 0.3) is 0 Å². The van der Waals surface area contributed by atoms with Crippen molar-refractivity contribution in [3.63, 3.8) is 0 Å². The van der Waals surface area contributed by atoms with Crippen molar-refractivity contribution in [1.82, 2.24) is 9.62 Å². The fourth-order valence-electron chi connectivity index (χ4n) is 3.92. The van der Waals surface area contributed by atoms with Crippen LogP contribution in [0.5, 0.6) is 5.75 Å². The van der Waals surface area contributed by atoms with Gasteiger partial charge in [-0.15, -0.1) is 0 Å². The first-order chi connectivity index (χ1) is 14.0. The third kappa shape index (κ3) is 4.46. The van der Waals surface area contributed by atoms with E-state index in [1.165, 1.54) is 0 Å². The lowest BCUT2D eigenvalue weighted by atomic mass is 10.00. The Balaban J connectivity index is 1.33. The number of hydrogen-bond donors (Lipinski definition) is 1. The first-order valence-electron chi connectivity index (χ1n) is 10.1. The minimum atomic E-state index is -3.39. The predicted molar refractivity (Wildman–Crippen MR) is 110 cm³/mol. The number of benzene rings is 2. The highest BCUT2D eigenvalue weighted by atomic mass is 32.2. The van der Waals surface area contributed by atoms with E-state index in [-0.39, 0.29) is 11.9 Å². The number of aryl methyl sites for hydroxylation is 1. The van der Waals surface area contributed by atoms with E-state index in [9.17, 15) is 13.2 Å². The first-order valence-corrected chi connectivity index (χ1v) is 11.6. The largest absolute Gasteiger partial charge is 0.493 e. The molecule has 4 rings (SSSR count). The van der Waals surface area contributed by atoms with E-state index in [4.69, 9.17) is 4.74 Å². The lowest BCUT2D eigenvalue weighted by Crippen LogP contribution is -2.32. The fourth-order valence-corrected chi connectivity index (χ4v) is 5.44. The molecule has 0 saturated carbocycles. The molecule has 0 spiro atoms. The number of sulfonamides is 1. The summed E-state index contributed by atoms with van der Waals surface area (Å²) in [6, 6.07) is 14.7. The van der Waals surface area contributed by atoms with Crippen LogP contribution in [0, 0.1) is 0 Å². The van der Waals surface area contributed by atoms with Crippen molar-refractivity contribution in [2.45, 2.75) is 43.0 Å². The van der Waals surface area contributed by atoms with E-state index in [2.05, 4.69) is 5.32 Å². The highest BCUT2D eigenvalue weighted by Gasteiger charge is 2.27. The van der Waals surface area contributed by atoms with Crippen LogP contribution < -0.4 is 10.1 Å². The van der Waals surface area contributed by atoms with Crippen LogP contribution >= 0.6 is 0 Å². The van der Waals surface area contributed by atoms with Crippen molar-refractivity contribution in [1.29, 1.82) is 0 Å². The number of carbonyl (C=O) groups excluding carboxylic acids is 1. The summed E-state index contributed by atoms with van der Waals surface area (Å²) in [4.78, 5) is 12.8. The molecule has 1 fully saturated rings. The third-order valence-corrected chi connectivity index (χ3v) is 7.47. The van der Waals surface area contributed by atoms with Crippen molar-refractivity contribution in [3.05, 3.63) is 59.7 Å². The lowest BCUT2D eigenvalue weighted by Gasteiger charge is -2.26. The van der Waals surface area contributed by atoms with Crippen LogP contribution in [0.4, 0.5) is 0 Å². The zero-order valence-corrected chi connectivity index (χ0v) is 17.2. The van der Waals surface area contributed by atoms with Gasteiger partial charge in [-0.2, -0.15) is 4.31 Å². The van der Waals surface area contributed by atoms with Gasteiger partial charge < -0.3 is 10.1 Å². The zero-order chi connectivity index (χ0) is 20.3. The summed E-state index contributed by atoms with van der Waals surface area (Å²) in [6.45, 7) is 1.79. The number of nitrogens with zero attached hydrogens (tertiary/aromatic N) is 1. The number of ether oxygens (including phenoxy) is 1. The van der Waals surface area contributed by atoms with Crippen LogP contribution in [0.15, 0.2) is 53.4 Å². The van der Waals surface area contributed by atoms with Crippen molar-refractivity contribution in [2.75, 3.05) is 19.7 Å². The van der Waals surface area contributed by atoms with Gasteiger partial charge in [0.25, 0.3) is 0 Å². The molecule has 0 unspecified atom stereocenters. The smallest absolute Gasteiger partial charge is 0.243 e. The molecule has 1 atom stereocenters. The summed E-state index contributed by atoms with van der Waals surface area (Å²) in [7, 11) is -3.39. The van der Waals surface area contributed by atoms with Crippen molar-refractivity contribution >= 4 is 15.9 Å². The minimum Gasteiger partial charge on any atom is -0.493 e. The monoisotopic (exact) mass is 414 g/mol. The Morgan fingerprint density at radius 1 is 1.07 bits per heavy atom. The maximum atomic E-state index is 12.6. The molecule has 2 aliphatic rings. The molecule has 6 nitrogen and oxygen atoms in total. The van der Waals surface area contributed by atoms with Crippen LogP contribution in [0.3, 0.4) is 0 Å². The SMILES string of the molecule is O=C(CCc1ccc(S(=O)(=O)N2CCCC2)cc1)N[C@H]1CCOc2ccccc21. The predicted octanol–water partition coefficient (Wildman–Crippen LogP) is 3.04. The number of nitrogens with one attached hydrogen (secondary N) is 1. The maximum Gasteiger partial charge on any atom is 0.243 e. The molecule has 29 heavy (non-hydrogen) atoms. The van der Waals surface area contributed by atoms with E-state index < -0.39 is 10.0 Å². The van der Waals surface area contributed by atoms with Crippen LogP contribution in [-0.4, -0.2) is 38.3 Å². The molecule has 154 valence electrons. The quantitative estimate of drug-likeness (QED) is 0.788. The van der Waals surface area contributed by atoms with E-state index in [1.807, 2.05) is 24.3 Å². The molecule has 1 N–H and O–H groups in total. The summed E-state index contributed by atoms with van der Waals surface area (Å²) in [6.07, 6.45) is 3.53. The van der Waals surface area contributed by atoms with Crippen molar-refractivity contribution in [3.8, 4) is 5.75 Å². The van der Waals surface area contributed by atoms with Gasteiger partial charge in [0.15, 0.2) is 0 Å². The van der Waals surface area contributed by atoms with E-state index in [1.54, 1.807) is 28.6 Å². The Morgan fingerprint density at radius 3 is 2.55 bits per heavy atom. The molecule has 0 bridgehead atoms. The topological polar surface area (TPSA) is 75.7 Å². The van der Waals surface area contributed by atoms with E-state index in [0.29, 0.717) is 37.4 Å². The van der Waals surface area contributed by atoms with Gasteiger partial charge in [-0.25, -0.2) is 8.42 Å². The molecule has 2 aromatic rings. The molecular weight excluding hydrogens is 388 g/mol. The minimum absolute atomic E-state index is 0.0135. The van der Waals surface area contributed by atoms with Crippen LogP contribution in [-0.2, 0) is 21.2 Å². The Morgan fingerprint density at radius 2 is 1.79 bits per heavy atom. The summed E-state index contributed by atoms with van der Waals surface area (Å²) in [5.41, 5.74) is 1.97. The summed E-state index contributed by atoms with van der Waals surface area (Å²) < 4.78 is 32.4. The highest BCUT2D eigenvalue weighted by molar-refractivity contribution is 7.89. The standard InChI is InChI=1S/C22H26N2O4S/c25-22(23-20-13-16-28-21-6-2-1-5-19(20)21)12-9-17-7-10-18(11-8-17)29(26,27)24-14-3-4-15-24/h1-2,5-8,10-11,20H,3-4,9,12-16H2,(H,23,25)/t20-/m0/s1. The zero-order valence-electron chi connectivity index (χ0n) is 16.3. The maximum absolute atomic E-state index is 12.6. The fraction of sp³-hybridized carbons (Fsp3) is 0.409. The first kappa shape index (κ1) is 19.9. The molecule has 2 aliphatic heterocycles. The Labute approximate surface area is 171 Å². The molecule has 2 aromatic carbocycles. The van der Waals surface area contributed by atoms with Gasteiger partial charge in [-0.05, 0) is 43.0 Å². The highest BCUT2D eigenvalue weighted by Crippen LogP contribution is 2.31. The number of fused-ring (bicyclic) bond motifs is 1. The molecule has 1 saturated heterocycles. The van der Waals surface area contributed by atoms with Gasteiger partial charge >= 0.3 is 0 Å². The molecule has 1 amide bonds. The van der Waals surface area contributed by atoms with Gasteiger partial charge in [0.2, 0.25) is 15.9 Å². The molecule has 2 heterocycles. The number of carbonyl (C=O) groups is 1. The molecule has 0 aliphatic carbocycles. The molecule has 0 aromatic heterocycles. The van der Waals surface area contributed by atoms with Crippen molar-refractivity contribution < 1.29 is 17.9 Å². The lowest BCUT2D eigenvalue weighted by molar-refractivity contribution is -0.122. The van der Waals surface area contributed by atoms with Crippen LogP contribution in [0.1, 0.15) is 42.9 Å². The second-order valence-electron chi connectivity index (χ2n) is 7.55.